The lowest BCUT2D eigenvalue weighted by atomic mass is 10.0. The minimum absolute atomic E-state index is 0.00466. The van der Waals surface area contributed by atoms with Crippen molar-refractivity contribution in [2.75, 3.05) is 6.54 Å². The van der Waals surface area contributed by atoms with E-state index >= 15 is 0 Å². The highest BCUT2D eigenvalue weighted by molar-refractivity contribution is 8.26. The monoisotopic (exact) mass is 520 g/mol. The Kier molecular flexibility index (Phi) is 8.12. The molecule has 1 saturated heterocycles. The average Bonchev–Trinajstić information content (AvgIpc) is 3.37. The van der Waals surface area contributed by atoms with Gasteiger partial charge in [-0.05, 0) is 37.1 Å². The number of carbonyl (C=O) groups is 3. The Bertz CT molecular complexity index is 1330. The van der Waals surface area contributed by atoms with E-state index in [2.05, 4.69) is 4.98 Å². The average molecular weight is 521 g/mol. The van der Waals surface area contributed by atoms with Gasteiger partial charge in [-0.25, -0.2) is 4.98 Å². The fourth-order valence-corrected chi connectivity index (χ4v) is 5.05. The highest BCUT2D eigenvalue weighted by atomic mass is 32.2. The second-order valence-corrected chi connectivity index (χ2v) is 9.94. The van der Waals surface area contributed by atoms with Crippen molar-refractivity contribution in [3.63, 3.8) is 0 Å². The summed E-state index contributed by atoms with van der Waals surface area (Å²) in [6.45, 7) is 2.13. The lowest BCUT2D eigenvalue weighted by molar-refractivity contribution is -0.137. The molecule has 7 nitrogen and oxygen atoms in total. The molecule has 1 N–H and O–H groups in total. The topological polar surface area (TPSA) is 101 Å². The van der Waals surface area contributed by atoms with Gasteiger partial charge in [0.1, 0.15) is 10.1 Å². The Labute approximate surface area is 218 Å². The van der Waals surface area contributed by atoms with Gasteiger partial charge in [0, 0.05) is 36.9 Å². The first-order valence-electron chi connectivity index (χ1n) is 11.4. The van der Waals surface area contributed by atoms with Crippen LogP contribution in [0.15, 0.2) is 63.9 Å². The van der Waals surface area contributed by atoms with Crippen molar-refractivity contribution in [1.29, 1.82) is 0 Å². The van der Waals surface area contributed by atoms with Crippen LogP contribution in [0.1, 0.15) is 46.6 Å². The summed E-state index contributed by atoms with van der Waals surface area (Å²) in [5.74, 6) is 0.117. The van der Waals surface area contributed by atoms with Crippen LogP contribution in [0.5, 0.6) is 0 Å². The van der Waals surface area contributed by atoms with Crippen molar-refractivity contribution in [3.8, 4) is 11.5 Å². The Morgan fingerprint density at radius 2 is 1.83 bits per heavy atom. The molecule has 184 valence electrons. The molecule has 1 aliphatic heterocycles. The summed E-state index contributed by atoms with van der Waals surface area (Å²) >= 11 is 6.47. The number of aryl methyl sites for hydroxylation is 2. The number of carboxylic acid groups (broad SMARTS) is 1. The molecule has 36 heavy (non-hydrogen) atoms. The molecule has 4 rings (SSSR count). The number of aromatic nitrogens is 1. The van der Waals surface area contributed by atoms with Crippen molar-refractivity contribution in [2.45, 2.75) is 32.6 Å². The maximum absolute atomic E-state index is 12.8. The van der Waals surface area contributed by atoms with E-state index in [1.165, 1.54) is 16.7 Å². The summed E-state index contributed by atoms with van der Waals surface area (Å²) < 4.78 is 6.20. The number of oxazole rings is 1. The number of nitrogens with zero attached hydrogens (tertiary/aromatic N) is 2. The molecule has 1 fully saturated rings. The molecule has 1 amide bonds. The van der Waals surface area contributed by atoms with Gasteiger partial charge in [-0.3, -0.25) is 19.3 Å². The minimum atomic E-state index is -0.904. The first kappa shape index (κ1) is 25.5. The van der Waals surface area contributed by atoms with Crippen molar-refractivity contribution >= 4 is 52.0 Å². The summed E-state index contributed by atoms with van der Waals surface area (Å²) in [6.07, 6.45) is 2.83. The van der Waals surface area contributed by atoms with Crippen LogP contribution in [0.2, 0.25) is 0 Å². The number of ketones is 1. The first-order chi connectivity index (χ1) is 17.3. The van der Waals surface area contributed by atoms with Gasteiger partial charge >= 0.3 is 5.97 Å². The van der Waals surface area contributed by atoms with Crippen LogP contribution in [0.4, 0.5) is 0 Å². The normalized spacial score (nSPS) is 14.6. The van der Waals surface area contributed by atoms with Gasteiger partial charge < -0.3 is 9.52 Å². The molecule has 0 saturated carbocycles. The third-order valence-corrected chi connectivity index (χ3v) is 7.06. The number of benzene rings is 2. The molecule has 0 spiro atoms. The Hall–Kier alpha value is -3.56. The van der Waals surface area contributed by atoms with Crippen LogP contribution >= 0.6 is 24.0 Å². The quantitative estimate of drug-likeness (QED) is 0.212. The third-order valence-electron chi connectivity index (χ3n) is 5.68. The number of rotatable bonds is 10. The van der Waals surface area contributed by atoms with Crippen LogP contribution in [0, 0.1) is 6.92 Å². The maximum atomic E-state index is 12.8. The van der Waals surface area contributed by atoms with Gasteiger partial charge in [0.25, 0.3) is 5.91 Å². The van der Waals surface area contributed by atoms with Crippen molar-refractivity contribution in [2.24, 2.45) is 0 Å². The number of carboxylic acids is 1. The molecule has 0 atom stereocenters. The maximum Gasteiger partial charge on any atom is 0.303 e. The molecule has 0 aliphatic carbocycles. The highest BCUT2D eigenvalue weighted by Crippen LogP contribution is 2.32. The zero-order valence-electron chi connectivity index (χ0n) is 19.6. The van der Waals surface area contributed by atoms with Crippen molar-refractivity contribution in [3.05, 3.63) is 82.1 Å². The molecule has 9 heteroatoms. The molecule has 1 aromatic heterocycles. The SMILES string of the molecule is Cc1oc(-c2ccccc2)nc1CCC(=O)c1ccc(/C=C2\SC(=S)N(CCCC(=O)O)C2=O)cc1. The van der Waals surface area contributed by atoms with E-state index in [9.17, 15) is 14.4 Å². The summed E-state index contributed by atoms with van der Waals surface area (Å²) in [5, 5.41) is 8.79. The fourth-order valence-electron chi connectivity index (χ4n) is 3.74. The number of Topliss-reactive ketones (excluding diaryl/α,β-unsaturated/α-hetero) is 1. The van der Waals surface area contributed by atoms with Gasteiger partial charge in [-0.2, -0.15) is 0 Å². The lowest BCUT2D eigenvalue weighted by Gasteiger charge is -2.13. The van der Waals surface area contributed by atoms with E-state index in [-0.39, 0.29) is 24.7 Å². The largest absolute Gasteiger partial charge is 0.481 e. The highest BCUT2D eigenvalue weighted by Gasteiger charge is 2.31. The Morgan fingerprint density at radius 3 is 2.53 bits per heavy atom. The molecule has 2 heterocycles. The number of carbonyl (C=O) groups excluding carboxylic acids is 2. The molecule has 1 aliphatic rings. The Morgan fingerprint density at radius 1 is 1.11 bits per heavy atom. The molecule has 3 aromatic rings. The molecule has 0 unspecified atom stereocenters. The second kappa shape index (κ2) is 11.5. The van der Waals surface area contributed by atoms with Crippen LogP contribution in [-0.2, 0) is 16.0 Å². The van der Waals surface area contributed by atoms with Gasteiger partial charge in [-0.1, -0.05) is 66.4 Å². The minimum Gasteiger partial charge on any atom is -0.481 e. The number of aliphatic carboxylic acids is 1. The van der Waals surface area contributed by atoms with Gasteiger partial charge in [0.05, 0.1) is 10.6 Å². The first-order valence-corrected chi connectivity index (χ1v) is 12.7. The second-order valence-electron chi connectivity index (χ2n) is 8.26. The van der Waals surface area contributed by atoms with E-state index in [0.29, 0.717) is 45.7 Å². The Balaban J connectivity index is 1.35. The molecule has 0 bridgehead atoms. The van der Waals surface area contributed by atoms with Crippen LogP contribution < -0.4 is 0 Å². The molecular weight excluding hydrogens is 496 g/mol. The summed E-state index contributed by atoms with van der Waals surface area (Å²) in [7, 11) is 0. The summed E-state index contributed by atoms with van der Waals surface area (Å²) in [4.78, 5) is 42.6. The number of hydrogen-bond acceptors (Lipinski definition) is 7. The van der Waals surface area contributed by atoms with E-state index in [0.717, 1.165) is 16.8 Å². The summed E-state index contributed by atoms with van der Waals surface area (Å²) in [5.41, 5.74) is 3.02. The third kappa shape index (κ3) is 6.16. The van der Waals surface area contributed by atoms with Crippen LogP contribution in [0.3, 0.4) is 0 Å². The zero-order chi connectivity index (χ0) is 25.7. The smallest absolute Gasteiger partial charge is 0.303 e. The van der Waals surface area contributed by atoms with E-state index in [4.69, 9.17) is 21.7 Å². The van der Waals surface area contributed by atoms with E-state index in [1.807, 2.05) is 37.3 Å². The number of thiocarbonyl (C=S) groups is 1. The number of hydrogen-bond donors (Lipinski definition) is 1. The van der Waals surface area contributed by atoms with E-state index in [1.54, 1.807) is 30.3 Å². The number of amides is 1. The lowest BCUT2D eigenvalue weighted by Crippen LogP contribution is -2.29. The zero-order valence-corrected chi connectivity index (χ0v) is 21.2. The fraction of sp³-hybridized carbons (Fsp3) is 0.222. The standard InChI is InChI=1S/C27H24N2O5S2/c1-17-21(28-25(34-17)20-6-3-2-4-7-20)13-14-22(30)19-11-9-18(10-12-19)16-23-26(33)29(27(35)36-23)15-5-8-24(31)32/h2-4,6-7,9-12,16H,5,8,13-15H2,1H3,(H,31,32)/b23-16-. The number of thioether (sulfide) groups is 1. The predicted molar refractivity (Wildman–Crippen MR) is 143 cm³/mol. The molecule has 2 aromatic carbocycles. The van der Waals surface area contributed by atoms with Gasteiger partial charge in [0.15, 0.2) is 5.78 Å². The van der Waals surface area contributed by atoms with Crippen LogP contribution in [0.25, 0.3) is 17.5 Å². The van der Waals surface area contributed by atoms with Crippen LogP contribution in [-0.4, -0.2) is 43.5 Å². The van der Waals surface area contributed by atoms with Crippen molar-refractivity contribution < 1.29 is 23.9 Å². The van der Waals surface area contributed by atoms with Crippen molar-refractivity contribution in [1.82, 2.24) is 9.88 Å². The summed E-state index contributed by atoms with van der Waals surface area (Å²) in [6, 6.07) is 16.7. The van der Waals surface area contributed by atoms with Gasteiger partial charge in [0.2, 0.25) is 5.89 Å². The molecular formula is C27H24N2O5S2. The van der Waals surface area contributed by atoms with Gasteiger partial charge in [-0.15, -0.1) is 0 Å². The van der Waals surface area contributed by atoms with E-state index < -0.39 is 5.97 Å². The predicted octanol–water partition coefficient (Wildman–Crippen LogP) is 5.53. The molecule has 0 radical (unpaired) electrons.